The topological polar surface area (TPSA) is 43.4 Å². The highest BCUT2D eigenvalue weighted by Crippen LogP contribution is 2.25. The van der Waals surface area contributed by atoms with Crippen LogP contribution in [0.15, 0.2) is 35.2 Å². The second-order valence-corrected chi connectivity index (χ2v) is 8.99. The quantitative estimate of drug-likeness (QED) is 0.341. The summed E-state index contributed by atoms with van der Waals surface area (Å²) in [5, 5.41) is -0.503. The molecule has 146 valence electrons. The number of rotatable bonds is 12. The Bertz CT molecular complexity index is 544. The fourth-order valence-corrected chi connectivity index (χ4v) is 4.89. The van der Waals surface area contributed by atoms with Crippen LogP contribution < -0.4 is 0 Å². The van der Waals surface area contributed by atoms with Crippen molar-refractivity contribution >= 4 is 16.8 Å². The summed E-state index contributed by atoms with van der Waals surface area (Å²) in [6.07, 6.45) is 14.2. The van der Waals surface area contributed by atoms with Crippen LogP contribution in [0.25, 0.3) is 0 Å². The summed E-state index contributed by atoms with van der Waals surface area (Å²) in [5.41, 5.74) is 0. The molecule has 4 heteroatoms. The van der Waals surface area contributed by atoms with Crippen molar-refractivity contribution < 1.29 is 13.7 Å². The van der Waals surface area contributed by atoms with Crippen LogP contribution in [0.1, 0.15) is 84.0 Å². The molecule has 1 aromatic rings. The molecule has 0 N–H and O–H groups in total. The van der Waals surface area contributed by atoms with Gasteiger partial charge >= 0.3 is 5.97 Å². The fourth-order valence-electron chi connectivity index (χ4n) is 3.55. The molecule has 1 aliphatic heterocycles. The summed E-state index contributed by atoms with van der Waals surface area (Å²) in [7, 11) is -1.30. The largest absolute Gasteiger partial charge is 0.461 e. The van der Waals surface area contributed by atoms with Gasteiger partial charge in [-0.15, -0.1) is 0 Å². The van der Waals surface area contributed by atoms with E-state index >= 15 is 0 Å². The molecular weight excluding hydrogens is 344 g/mol. The number of ether oxygens (including phenoxy) is 1. The van der Waals surface area contributed by atoms with Gasteiger partial charge in [-0.2, -0.15) is 0 Å². The molecule has 1 aliphatic rings. The van der Waals surface area contributed by atoms with Gasteiger partial charge in [-0.1, -0.05) is 76.5 Å². The fraction of sp³-hybridized carbons (Fsp3) is 0.682. The number of unbranched alkanes of at least 4 members (excludes halogenated alkanes) is 8. The minimum Gasteiger partial charge on any atom is -0.461 e. The van der Waals surface area contributed by atoms with Gasteiger partial charge in [-0.25, -0.2) is 0 Å². The number of esters is 1. The molecule has 0 bridgehead atoms. The highest BCUT2D eigenvalue weighted by atomic mass is 32.2. The summed E-state index contributed by atoms with van der Waals surface area (Å²) < 4.78 is 18.1. The number of hydrogen-bond donors (Lipinski definition) is 0. The molecule has 1 heterocycles. The van der Waals surface area contributed by atoms with Gasteiger partial charge in [-0.3, -0.25) is 9.00 Å². The van der Waals surface area contributed by atoms with Gasteiger partial charge in [0.25, 0.3) is 0 Å². The van der Waals surface area contributed by atoms with Crippen molar-refractivity contribution in [1.29, 1.82) is 0 Å². The van der Waals surface area contributed by atoms with Gasteiger partial charge in [0.15, 0.2) is 0 Å². The Hall–Kier alpha value is -1.16. The zero-order chi connectivity index (χ0) is 18.6. The molecule has 3 unspecified atom stereocenters. The van der Waals surface area contributed by atoms with E-state index in [0.29, 0.717) is 11.3 Å². The van der Waals surface area contributed by atoms with Gasteiger partial charge < -0.3 is 4.74 Å². The summed E-state index contributed by atoms with van der Waals surface area (Å²) in [4.78, 5) is 13.0. The van der Waals surface area contributed by atoms with Crippen LogP contribution in [0.4, 0.5) is 0 Å². The van der Waals surface area contributed by atoms with Gasteiger partial charge in [0.1, 0.15) is 11.4 Å². The highest BCUT2D eigenvalue weighted by molar-refractivity contribution is 7.86. The highest BCUT2D eigenvalue weighted by Gasteiger charge is 2.34. The second kappa shape index (κ2) is 12.3. The van der Waals surface area contributed by atoms with Crippen LogP contribution in [0.3, 0.4) is 0 Å². The van der Waals surface area contributed by atoms with E-state index in [9.17, 15) is 9.00 Å². The van der Waals surface area contributed by atoms with Crippen molar-refractivity contribution in [3.05, 3.63) is 30.3 Å². The van der Waals surface area contributed by atoms with Crippen molar-refractivity contribution in [2.24, 2.45) is 0 Å². The van der Waals surface area contributed by atoms with Crippen molar-refractivity contribution in [3.8, 4) is 0 Å². The first kappa shape index (κ1) is 21.1. The first-order valence-electron chi connectivity index (χ1n) is 10.4. The maximum Gasteiger partial charge on any atom is 0.322 e. The number of carbonyl (C=O) groups is 1. The molecule has 3 nitrogen and oxygen atoms in total. The maximum absolute atomic E-state index is 12.6. The van der Waals surface area contributed by atoms with Crippen molar-refractivity contribution in [3.63, 3.8) is 0 Å². The van der Waals surface area contributed by atoms with Gasteiger partial charge in [0.05, 0.1) is 10.8 Å². The van der Waals surface area contributed by atoms with Gasteiger partial charge in [0, 0.05) is 4.90 Å². The first-order chi connectivity index (χ1) is 12.7. The summed E-state index contributed by atoms with van der Waals surface area (Å²) in [5.74, 6) is -0.278. The molecule has 0 saturated carbocycles. The number of benzene rings is 1. The lowest BCUT2D eigenvalue weighted by molar-refractivity contribution is -0.153. The second-order valence-electron chi connectivity index (χ2n) is 7.35. The van der Waals surface area contributed by atoms with E-state index in [0.717, 1.165) is 19.3 Å². The van der Waals surface area contributed by atoms with Crippen molar-refractivity contribution in [2.45, 2.75) is 100 Å². The van der Waals surface area contributed by atoms with Gasteiger partial charge in [-0.05, 0) is 37.8 Å². The monoisotopic (exact) mass is 378 g/mol. The smallest absolute Gasteiger partial charge is 0.322 e. The van der Waals surface area contributed by atoms with Crippen molar-refractivity contribution in [1.82, 2.24) is 0 Å². The van der Waals surface area contributed by atoms with E-state index in [1.165, 1.54) is 51.4 Å². The number of cyclic esters (lactones) is 1. The first-order valence-corrected chi connectivity index (χ1v) is 11.6. The Balaban J connectivity index is 1.59. The van der Waals surface area contributed by atoms with E-state index in [1.54, 1.807) is 0 Å². The zero-order valence-corrected chi connectivity index (χ0v) is 17.0. The Morgan fingerprint density at radius 3 is 2.15 bits per heavy atom. The van der Waals surface area contributed by atoms with Crippen LogP contribution in [-0.2, 0) is 20.3 Å². The van der Waals surface area contributed by atoms with E-state index in [1.807, 2.05) is 30.3 Å². The van der Waals surface area contributed by atoms with Crippen LogP contribution in [-0.4, -0.2) is 21.5 Å². The van der Waals surface area contributed by atoms with Crippen LogP contribution in [0, 0.1) is 0 Å². The standard InChI is InChI=1S/C22H34O3S/c1-2-3-4-5-6-7-8-9-11-14-19-17-18-21(22(23)25-19)26(24)20-15-12-10-13-16-20/h10,12-13,15-16,19,21H,2-9,11,14,17-18H2,1H3. The Morgan fingerprint density at radius 2 is 1.54 bits per heavy atom. The Kier molecular flexibility index (Phi) is 9.98. The minimum atomic E-state index is -1.30. The predicted molar refractivity (Wildman–Crippen MR) is 108 cm³/mol. The van der Waals surface area contributed by atoms with Crippen LogP contribution in [0.5, 0.6) is 0 Å². The molecule has 1 aromatic carbocycles. The lowest BCUT2D eigenvalue weighted by Crippen LogP contribution is -2.37. The lowest BCUT2D eigenvalue weighted by Gasteiger charge is -2.27. The summed E-state index contributed by atoms with van der Waals surface area (Å²) in [6.45, 7) is 2.25. The third-order valence-corrected chi connectivity index (χ3v) is 6.84. The van der Waals surface area contributed by atoms with Gasteiger partial charge in [0.2, 0.25) is 0 Å². The number of hydrogen-bond acceptors (Lipinski definition) is 3. The summed E-state index contributed by atoms with van der Waals surface area (Å²) in [6, 6.07) is 9.23. The third-order valence-electron chi connectivity index (χ3n) is 5.16. The van der Waals surface area contributed by atoms with Crippen LogP contribution >= 0.6 is 0 Å². The predicted octanol–water partition coefficient (Wildman–Crippen LogP) is 5.79. The molecule has 3 atom stereocenters. The third kappa shape index (κ3) is 7.22. The SMILES string of the molecule is CCCCCCCCCCCC1CCC(S(=O)c2ccccc2)C(=O)O1. The molecule has 0 aliphatic carbocycles. The molecule has 0 amide bonds. The Labute approximate surface area is 161 Å². The normalized spacial score (nSPS) is 21.3. The lowest BCUT2D eigenvalue weighted by atomic mass is 10.0. The molecule has 0 spiro atoms. The molecule has 26 heavy (non-hydrogen) atoms. The molecule has 1 saturated heterocycles. The maximum atomic E-state index is 12.6. The molecule has 2 rings (SSSR count). The molecule has 1 fully saturated rings. The number of carbonyl (C=O) groups excluding carboxylic acids is 1. The molecule has 0 aromatic heterocycles. The van der Waals surface area contributed by atoms with E-state index < -0.39 is 16.0 Å². The Morgan fingerprint density at radius 1 is 0.923 bits per heavy atom. The van der Waals surface area contributed by atoms with Crippen molar-refractivity contribution in [2.75, 3.05) is 0 Å². The average molecular weight is 379 g/mol. The zero-order valence-electron chi connectivity index (χ0n) is 16.2. The average Bonchev–Trinajstić information content (AvgIpc) is 2.67. The van der Waals surface area contributed by atoms with E-state index in [-0.39, 0.29) is 12.1 Å². The van der Waals surface area contributed by atoms with E-state index in [4.69, 9.17) is 4.74 Å². The van der Waals surface area contributed by atoms with Crippen LogP contribution in [0.2, 0.25) is 0 Å². The molecular formula is C22H34O3S. The van der Waals surface area contributed by atoms with E-state index in [2.05, 4.69) is 6.92 Å². The summed E-state index contributed by atoms with van der Waals surface area (Å²) >= 11 is 0. The minimum absolute atomic E-state index is 0.0241. The molecule has 0 radical (unpaired) electrons.